The molecule has 4 nitrogen and oxygen atoms in total. The molecule has 0 rings (SSSR count). The van der Waals surface area contributed by atoms with Crippen molar-refractivity contribution in [2.75, 3.05) is 42.3 Å². The standard InChI is InChI=1S/3C2H6N.C2H5.H2N.Ta/c3*1-3-2;1-2;;/h3*1-2H3;1H2,2H3;1H2;/q3*-1;;-1;+4. The summed E-state index contributed by atoms with van der Waals surface area (Å²) in [5, 5.41) is 0. The van der Waals surface area contributed by atoms with E-state index in [2.05, 4.69) is 59.1 Å². The van der Waals surface area contributed by atoms with E-state index in [1.807, 2.05) is 0 Å². The van der Waals surface area contributed by atoms with Gasteiger partial charge in [-0.05, 0) is 0 Å². The summed E-state index contributed by atoms with van der Waals surface area (Å²) in [5.74, 6) is 0. The van der Waals surface area contributed by atoms with Crippen molar-refractivity contribution in [3.63, 3.8) is 0 Å². The van der Waals surface area contributed by atoms with E-state index >= 15 is 0 Å². The molecule has 0 aliphatic rings. The predicted molar refractivity (Wildman–Crippen MR) is 55.7 cm³/mol. The van der Waals surface area contributed by atoms with E-state index in [1.54, 1.807) is 0 Å². The first-order valence-corrected chi connectivity index (χ1v) is 13.0. The molecule has 0 atom stereocenters. The second-order valence-electron chi connectivity index (χ2n) is 4.08. The Morgan fingerprint density at radius 2 is 1.08 bits per heavy atom. The van der Waals surface area contributed by atoms with E-state index < -0.39 is 16.9 Å². The molecule has 0 saturated heterocycles. The monoisotopic (exact) mass is 358 g/mol. The third-order valence-electron chi connectivity index (χ3n) is 3.22. The maximum atomic E-state index is 6.74. The van der Waals surface area contributed by atoms with Gasteiger partial charge in [0.25, 0.3) is 0 Å². The quantitative estimate of drug-likeness (QED) is 0.790. The van der Waals surface area contributed by atoms with Crippen LogP contribution in [-0.4, -0.2) is 52.2 Å². The Hall–Kier alpha value is 0.580. The summed E-state index contributed by atoms with van der Waals surface area (Å²) >= 11 is -3.49. The van der Waals surface area contributed by atoms with Crippen molar-refractivity contribution in [2.24, 2.45) is 4.14 Å². The molecule has 82 valence electrons. The summed E-state index contributed by atoms with van der Waals surface area (Å²) in [6, 6.07) is 0. The summed E-state index contributed by atoms with van der Waals surface area (Å²) in [4.78, 5) is 0. The van der Waals surface area contributed by atoms with Gasteiger partial charge in [-0.25, -0.2) is 0 Å². The molecule has 0 unspecified atom stereocenters. The summed E-state index contributed by atoms with van der Waals surface area (Å²) < 4.78 is 14.5. The van der Waals surface area contributed by atoms with Crippen LogP contribution in [0.25, 0.3) is 0 Å². The van der Waals surface area contributed by atoms with Crippen LogP contribution in [0.4, 0.5) is 0 Å². The summed E-state index contributed by atoms with van der Waals surface area (Å²) in [6.45, 7) is 2.19. The fourth-order valence-electron chi connectivity index (χ4n) is 1.92. The predicted octanol–water partition coefficient (Wildman–Crippen LogP) is 0.418. The number of nitrogens with zero attached hydrogens (tertiary/aromatic N) is 3. The molecule has 0 aromatic carbocycles. The molecule has 13 heavy (non-hydrogen) atoms. The molecule has 0 amide bonds. The molecule has 0 heterocycles. The van der Waals surface area contributed by atoms with Gasteiger partial charge >= 0.3 is 84.8 Å². The van der Waals surface area contributed by atoms with Gasteiger partial charge in [0.15, 0.2) is 0 Å². The first-order valence-electron chi connectivity index (χ1n) is 4.56. The zero-order valence-electron chi connectivity index (χ0n) is 10.1. The zero-order chi connectivity index (χ0) is 10.9. The van der Waals surface area contributed by atoms with Crippen molar-refractivity contribution in [1.29, 1.82) is 0 Å². The van der Waals surface area contributed by atoms with Gasteiger partial charge in [0.1, 0.15) is 0 Å². The molecule has 0 aliphatic carbocycles. The third kappa shape index (κ3) is 1.72. The van der Waals surface area contributed by atoms with Gasteiger partial charge in [0.05, 0.1) is 0 Å². The molecule has 0 aromatic rings. The molecule has 0 bridgehead atoms. The van der Waals surface area contributed by atoms with Crippen LogP contribution in [0.1, 0.15) is 6.92 Å². The minimum atomic E-state index is -3.49. The van der Waals surface area contributed by atoms with Crippen molar-refractivity contribution in [1.82, 2.24) is 9.91 Å². The molecule has 0 fully saturated rings. The van der Waals surface area contributed by atoms with Crippen LogP contribution in [0.5, 0.6) is 0 Å². The first kappa shape index (κ1) is 13.6. The van der Waals surface area contributed by atoms with E-state index in [4.69, 9.17) is 4.14 Å². The Balaban J connectivity index is 5.33. The Labute approximate surface area is 84.9 Å². The molecule has 0 aliphatic heterocycles. The van der Waals surface area contributed by atoms with E-state index in [9.17, 15) is 0 Å². The zero-order valence-corrected chi connectivity index (χ0v) is 13.3. The summed E-state index contributed by atoms with van der Waals surface area (Å²) in [5.41, 5.74) is 0. The van der Waals surface area contributed by atoms with Crippen LogP contribution in [0.15, 0.2) is 0 Å². The Kier molecular flexibility index (Phi) is 4.16. The van der Waals surface area contributed by atoms with Gasteiger partial charge in [-0.2, -0.15) is 0 Å². The van der Waals surface area contributed by atoms with Crippen LogP contribution in [0.2, 0.25) is 4.64 Å². The average molecular weight is 358 g/mol. The Morgan fingerprint density at radius 1 is 0.846 bits per heavy atom. The number of hydrogen-bond acceptors (Lipinski definition) is 4. The van der Waals surface area contributed by atoms with Gasteiger partial charge in [-0.3, -0.25) is 0 Å². The molecule has 0 radical (unpaired) electrons. The van der Waals surface area contributed by atoms with Gasteiger partial charge in [-0.1, -0.05) is 0 Å². The molecular weight excluding hydrogens is 333 g/mol. The molecule has 0 saturated carbocycles. The third-order valence-corrected chi connectivity index (χ3v) is 26.4. The normalized spacial score (nSPS) is 16.7. The van der Waals surface area contributed by atoms with Crippen LogP contribution < -0.4 is 4.14 Å². The van der Waals surface area contributed by atoms with Crippen LogP contribution in [-0.2, 0) is 16.9 Å². The average Bonchev–Trinajstić information content (AvgIpc) is 2.01. The van der Waals surface area contributed by atoms with Crippen LogP contribution in [0.3, 0.4) is 0 Å². The van der Waals surface area contributed by atoms with E-state index in [-0.39, 0.29) is 0 Å². The summed E-state index contributed by atoms with van der Waals surface area (Å²) in [6.07, 6.45) is 0. The van der Waals surface area contributed by atoms with Gasteiger partial charge < -0.3 is 0 Å². The van der Waals surface area contributed by atoms with E-state index in [0.717, 1.165) is 4.64 Å². The van der Waals surface area contributed by atoms with Crippen LogP contribution in [0, 0.1) is 0 Å². The SMILES string of the molecule is C[CH2][Ta]([NH2])([N](C)C)([N](C)C)[N](C)C. The second kappa shape index (κ2) is 3.98. The van der Waals surface area contributed by atoms with E-state index in [1.165, 1.54) is 0 Å². The Morgan fingerprint density at radius 3 is 1.08 bits per heavy atom. The topological polar surface area (TPSA) is 35.7 Å². The van der Waals surface area contributed by atoms with Crippen molar-refractivity contribution in [2.45, 2.75) is 11.6 Å². The number of rotatable bonds is 4. The maximum absolute atomic E-state index is 6.74. The van der Waals surface area contributed by atoms with Crippen molar-refractivity contribution < 1.29 is 16.9 Å². The summed E-state index contributed by atoms with van der Waals surface area (Å²) in [7, 11) is 12.6. The van der Waals surface area contributed by atoms with Crippen LogP contribution >= 0.6 is 0 Å². The molecular formula is C8H25N4Ta. The first-order chi connectivity index (χ1) is 5.71. The van der Waals surface area contributed by atoms with Crippen molar-refractivity contribution in [3.05, 3.63) is 0 Å². The van der Waals surface area contributed by atoms with E-state index in [0.29, 0.717) is 0 Å². The van der Waals surface area contributed by atoms with Gasteiger partial charge in [0, 0.05) is 0 Å². The minimum absolute atomic E-state index is 1.04. The molecule has 0 spiro atoms. The van der Waals surface area contributed by atoms with Gasteiger partial charge in [-0.15, -0.1) is 0 Å². The second-order valence-corrected chi connectivity index (χ2v) is 23.8. The Bertz CT molecular complexity index is 154. The fraction of sp³-hybridized carbons (Fsp3) is 1.00. The fourth-order valence-corrected chi connectivity index (χ4v) is 15.7. The van der Waals surface area contributed by atoms with Crippen molar-refractivity contribution >= 4 is 0 Å². The van der Waals surface area contributed by atoms with Crippen molar-refractivity contribution in [3.8, 4) is 0 Å². The number of hydrogen-bond donors (Lipinski definition) is 1. The molecule has 0 aromatic heterocycles. The molecule has 5 heteroatoms. The van der Waals surface area contributed by atoms with Gasteiger partial charge in [0.2, 0.25) is 0 Å². The molecule has 2 N–H and O–H groups in total. The number of nitrogens with two attached hydrogens (primary N) is 1.